The number of hydrogen-bond donors (Lipinski definition) is 1. The highest BCUT2D eigenvalue weighted by molar-refractivity contribution is 6.30. The third-order valence-electron chi connectivity index (χ3n) is 5.19. The molecule has 0 bridgehead atoms. The number of likely N-dealkylation sites (tertiary alicyclic amines) is 1. The Labute approximate surface area is 172 Å². The zero-order chi connectivity index (χ0) is 19.6. The number of nitrogens with zero attached hydrogens (tertiary/aromatic N) is 1. The molecule has 1 aliphatic heterocycles. The van der Waals surface area contributed by atoms with Gasteiger partial charge in [-0.3, -0.25) is 9.69 Å². The molecule has 0 aliphatic carbocycles. The standard InChI is InChI=1S/C23H29ClN2O2/c24-22-8-6-20(7-9-22)17-28-18-21-11-14-26(15-12-21)16-23(27)25-13-10-19-4-2-1-3-5-19/h1-9,21H,10-18H2,(H,25,27). The lowest BCUT2D eigenvalue weighted by Gasteiger charge is -2.31. The SMILES string of the molecule is O=C(CN1CCC(COCc2ccc(Cl)cc2)CC1)NCCc1ccccc1. The summed E-state index contributed by atoms with van der Waals surface area (Å²) in [6.07, 6.45) is 3.04. The maximum absolute atomic E-state index is 12.1. The Morgan fingerprint density at radius 2 is 1.75 bits per heavy atom. The Hall–Kier alpha value is -1.88. The van der Waals surface area contributed by atoms with Crippen molar-refractivity contribution >= 4 is 17.5 Å². The fourth-order valence-corrected chi connectivity index (χ4v) is 3.61. The first-order valence-corrected chi connectivity index (χ1v) is 10.4. The van der Waals surface area contributed by atoms with Gasteiger partial charge in [-0.05, 0) is 61.5 Å². The molecule has 28 heavy (non-hydrogen) atoms. The van der Waals surface area contributed by atoms with Crippen molar-refractivity contribution in [3.8, 4) is 0 Å². The molecule has 3 rings (SSSR count). The third kappa shape index (κ3) is 7.27. The van der Waals surface area contributed by atoms with Crippen LogP contribution in [0.25, 0.3) is 0 Å². The summed E-state index contributed by atoms with van der Waals surface area (Å²) in [5.41, 5.74) is 2.40. The van der Waals surface area contributed by atoms with Crippen LogP contribution >= 0.6 is 11.6 Å². The molecular formula is C23H29ClN2O2. The van der Waals surface area contributed by atoms with Crippen molar-refractivity contribution in [2.75, 3.05) is 32.8 Å². The Balaban J connectivity index is 1.26. The highest BCUT2D eigenvalue weighted by atomic mass is 35.5. The molecule has 4 nitrogen and oxygen atoms in total. The number of nitrogens with one attached hydrogen (secondary N) is 1. The molecule has 0 spiro atoms. The molecule has 1 heterocycles. The second-order valence-corrected chi connectivity index (χ2v) is 7.88. The van der Waals surface area contributed by atoms with Crippen molar-refractivity contribution in [3.63, 3.8) is 0 Å². The van der Waals surface area contributed by atoms with E-state index in [1.807, 2.05) is 42.5 Å². The first kappa shape index (κ1) is 20.8. The molecule has 150 valence electrons. The van der Waals surface area contributed by atoms with Crippen LogP contribution in [-0.2, 0) is 22.6 Å². The Morgan fingerprint density at radius 3 is 2.46 bits per heavy atom. The topological polar surface area (TPSA) is 41.6 Å². The monoisotopic (exact) mass is 400 g/mol. The van der Waals surface area contributed by atoms with E-state index in [0.29, 0.717) is 25.6 Å². The van der Waals surface area contributed by atoms with E-state index in [0.717, 1.165) is 49.5 Å². The van der Waals surface area contributed by atoms with Crippen molar-refractivity contribution in [3.05, 3.63) is 70.7 Å². The number of carbonyl (C=O) groups excluding carboxylic acids is 1. The number of carbonyl (C=O) groups is 1. The lowest BCUT2D eigenvalue weighted by Crippen LogP contribution is -2.42. The molecule has 1 saturated heterocycles. The molecule has 0 unspecified atom stereocenters. The second-order valence-electron chi connectivity index (χ2n) is 7.45. The maximum Gasteiger partial charge on any atom is 0.234 e. The van der Waals surface area contributed by atoms with Gasteiger partial charge in [-0.15, -0.1) is 0 Å². The van der Waals surface area contributed by atoms with Crippen molar-refractivity contribution in [2.45, 2.75) is 25.9 Å². The largest absolute Gasteiger partial charge is 0.376 e. The summed E-state index contributed by atoms with van der Waals surface area (Å²) < 4.78 is 5.87. The first-order chi connectivity index (χ1) is 13.7. The molecule has 0 saturated carbocycles. The summed E-state index contributed by atoms with van der Waals surface area (Å²) >= 11 is 5.90. The zero-order valence-electron chi connectivity index (χ0n) is 16.3. The van der Waals surface area contributed by atoms with Gasteiger partial charge in [0.15, 0.2) is 0 Å². The lowest BCUT2D eigenvalue weighted by atomic mass is 9.98. The molecule has 5 heteroatoms. The number of benzene rings is 2. The van der Waals surface area contributed by atoms with Gasteiger partial charge in [0.1, 0.15) is 0 Å². The predicted molar refractivity (Wildman–Crippen MR) is 113 cm³/mol. The van der Waals surface area contributed by atoms with Gasteiger partial charge in [0.2, 0.25) is 5.91 Å². The van der Waals surface area contributed by atoms with Crippen LogP contribution in [0, 0.1) is 5.92 Å². The molecule has 1 fully saturated rings. The van der Waals surface area contributed by atoms with Crippen molar-refractivity contribution < 1.29 is 9.53 Å². The van der Waals surface area contributed by atoms with Crippen molar-refractivity contribution in [1.29, 1.82) is 0 Å². The van der Waals surface area contributed by atoms with E-state index in [4.69, 9.17) is 16.3 Å². The van der Waals surface area contributed by atoms with Gasteiger partial charge < -0.3 is 10.1 Å². The lowest BCUT2D eigenvalue weighted by molar-refractivity contribution is -0.122. The van der Waals surface area contributed by atoms with Gasteiger partial charge in [0, 0.05) is 18.2 Å². The van der Waals surface area contributed by atoms with Crippen LogP contribution in [0.1, 0.15) is 24.0 Å². The molecule has 2 aromatic carbocycles. The fraction of sp³-hybridized carbons (Fsp3) is 0.435. The number of piperidine rings is 1. The van der Waals surface area contributed by atoms with Gasteiger partial charge in [0.25, 0.3) is 0 Å². The van der Waals surface area contributed by atoms with E-state index in [9.17, 15) is 4.79 Å². The van der Waals surface area contributed by atoms with Gasteiger partial charge in [-0.1, -0.05) is 54.1 Å². The van der Waals surface area contributed by atoms with Gasteiger partial charge >= 0.3 is 0 Å². The van der Waals surface area contributed by atoms with Crippen LogP contribution in [0.5, 0.6) is 0 Å². The molecule has 1 aliphatic rings. The Morgan fingerprint density at radius 1 is 1.04 bits per heavy atom. The molecule has 2 aromatic rings. The molecular weight excluding hydrogens is 372 g/mol. The fourth-order valence-electron chi connectivity index (χ4n) is 3.49. The van der Waals surface area contributed by atoms with Crippen molar-refractivity contribution in [2.24, 2.45) is 5.92 Å². The van der Waals surface area contributed by atoms with Crippen LogP contribution in [0.4, 0.5) is 0 Å². The number of halogens is 1. The van der Waals surface area contributed by atoms with Crippen LogP contribution in [-0.4, -0.2) is 43.6 Å². The van der Waals surface area contributed by atoms with E-state index in [1.165, 1.54) is 5.56 Å². The Bertz CT molecular complexity index is 713. The average molecular weight is 401 g/mol. The quantitative estimate of drug-likeness (QED) is 0.693. The smallest absolute Gasteiger partial charge is 0.234 e. The average Bonchev–Trinajstić information content (AvgIpc) is 2.72. The van der Waals surface area contributed by atoms with E-state index >= 15 is 0 Å². The van der Waals surface area contributed by atoms with E-state index in [-0.39, 0.29) is 5.91 Å². The molecule has 1 N–H and O–H groups in total. The first-order valence-electron chi connectivity index (χ1n) is 10.0. The minimum absolute atomic E-state index is 0.119. The van der Waals surface area contributed by atoms with E-state index in [2.05, 4.69) is 22.3 Å². The summed E-state index contributed by atoms with van der Waals surface area (Å²) in [5, 5.41) is 3.78. The second kappa shape index (κ2) is 11.2. The number of amides is 1. The van der Waals surface area contributed by atoms with Gasteiger partial charge in [-0.25, -0.2) is 0 Å². The molecule has 0 aromatic heterocycles. The van der Waals surface area contributed by atoms with Crippen LogP contribution < -0.4 is 5.32 Å². The van der Waals surface area contributed by atoms with Crippen molar-refractivity contribution in [1.82, 2.24) is 10.2 Å². The van der Waals surface area contributed by atoms with E-state index < -0.39 is 0 Å². The minimum atomic E-state index is 0.119. The number of rotatable bonds is 9. The Kier molecular flexibility index (Phi) is 8.34. The molecule has 1 amide bonds. The molecule has 0 radical (unpaired) electrons. The summed E-state index contributed by atoms with van der Waals surface area (Å²) in [4.78, 5) is 14.4. The van der Waals surface area contributed by atoms with Gasteiger partial charge in [-0.2, -0.15) is 0 Å². The summed E-state index contributed by atoms with van der Waals surface area (Å²) in [6, 6.07) is 18.0. The predicted octanol–water partition coefficient (Wildman–Crippen LogP) is 3.93. The maximum atomic E-state index is 12.1. The summed E-state index contributed by atoms with van der Waals surface area (Å²) in [5.74, 6) is 0.693. The summed E-state index contributed by atoms with van der Waals surface area (Å²) in [7, 11) is 0. The van der Waals surface area contributed by atoms with Crippen LogP contribution in [0.3, 0.4) is 0 Å². The number of hydrogen-bond acceptors (Lipinski definition) is 3. The van der Waals surface area contributed by atoms with Gasteiger partial charge in [0.05, 0.1) is 13.2 Å². The highest BCUT2D eigenvalue weighted by Gasteiger charge is 2.20. The number of ether oxygens (including phenoxy) is 1. The minimum Gasteiger partial charge on any atom is -0.376 e. The zero-order valence-corrected chi connectivity index (χ0v) is 17.0. The van der Waals surface area contributed by atoms with E-state index in [1.54, 1.807) is 0 Å². The third-order valence-corrected chi connectivity index (χ3v) is 5.44. The molecule has 0 atom stereocenters. The van der Waals surface area contributed by atoms with Crippen LogP contribution in [0.15, 0.2) is 54.6 Å². The summed E-state index contributed by atoms with van der Waals surface area (Å²) in [6.45, 7) is 4.51. The highest BCUT2D eigenvalue weighted by Crippen LogP contribution is 2.18. The van der Waals surface area contributed by atoms with Crippen LogP contribution in [0.2, 0.25) is 5.02 Å². The normalized spacial score (nSPS) is 15.5.